The topological polar surface area (TPSA) is 51.0 Å². The van der Waals surface area contributed by atoms with E-state index in [9.17, 15) is 4.79 Å². The molecule has 0 N–H and O–H groups in total. The number of rotatable bonds is 7. The number of carbonyl (C=O) groups is 1. The summed E-state index contributed by atoms with van der Waals surface area (Å²) in [5.41, 5.74) is 2.04. The fourth-order valence-electron chi connectivity index (χ4n) is 3.58. The van der Waals surface area contributed by atoms with Crippen LogP contribution in [0.4, 0.5) is 5.95 Å². The van der Waals surface area contributed by atoms with Gasteiger partial charge >= 0.3 is 0 Å². The maximum Gasteiger partial charge on any atom is 0.228 e. The molecule has 2 fully saturated rings. The van der Waals surface area contributed by atoms with Crippen molar-refractivity contribution in [1.29, 1.82) is 0 Å². The van der Waals surface area contributed by atoms with Crippen LogP contribution in [0, 0.1) is 5.92 Å². The number of hydrogen-bond donors (Lipinski definition) is 0. The summed E-state index contributed by atoms with van der Waals surface area (Å²) in [4.78, 5) is 14.9. The van der Waals surface area contributed by atoms with Gasteiger partial charge in [-0.2, -0.15) is 0 Å². The Kier molecular flexibility index (Phi) is 5.53. The third kappa shape index (κ3) is 4.21. The van der Waals surface area contributed by atoms with Gasteiger partial charge in [-0.25, -0.2) is 0 Å². The van der Waals surface area contributed by atoms with Crippen molar-refractivity contribution in [3.63, 3.8) is 0 Å². The maximum absolute atomic E-state index is 12.6. The van der Waals surface area contributed by atoms with Crippen molar-refractivity contribution in [2.24, 2.45) is 5.92 Å². The van der Waals surface area contributed by atoms with Crippen LogP contribution >= 0.6 is 11.8 Å². The van der Waals surface area contributed by atoms with Gasteiger partial charge < -0.3 is 4.90 Å². The standard InChI is InChI=1S/C21H28N4OS/c1-3-16-4-6-17(7-5-16)19(26)14-27-21-23-22-20(25(21)18-8-9-18)24-12-10-15(2)11-13-24/h4-7,15,18H,3,8-14H2,1-2H3. The average molecular weight is 385 g/mol. The van der Waals surface area contributed by atoms with Crippen LogP contribution in [-0.2, 0) is 6.42 Å². The first-order valence-corrected chi connectivity index (χ1v) is 11.1. The van der Waals surface area contributed by atoms with Crippen LogP contribution in [0.2, 0.25) is 0 Å². The molecular formula is C21H28N4OS. The third-order valence-corrected chi connectivity index (χ3v) is 6.58. The van der Waals surface area contributed by atoms with Crippen LogP contribution in [0.5, 0.6) is 0 Å². The van der Waals surface area contributed by atoms with Crippen LogP contribution < -0.4 is 4.90 Å². The fourth-order valence-corrected chi connectivity index (χ4v) is 4.48. The van der Waals surface area contributed by atoms with Crippen molar-refractivity contribution in [3.05, 3.63) is 35.4 Å². The van der Waals surface area contributed by atoms with Crippen molar-refractivity contribution < 1.29 is 4.79 Å². The van der Waals surface area contributed by atoms with Crippen LogP contribution in [0.1, 0.15) is 61.5 Å². The molecule has 1 aliphatic carbocycles. The van der Waals surface area contributed by atoms with E-state index in [1.807, 2.05) is 24.3 Å². The summed E-state index contributed by atoms with van der Waals surface area (Å²) in [6.45, 7) is 6.56. The van der Waals surface area contributed by atoms with Crippen molar-refractivity contribution in [1.82, 2.24) is 14.8 Å². The number of carbonyl (C=O) groups excluding carboxylic acids is 1. The van der Waals surface area contributed by atoms with Crippen LogP contribution in [0.3, 0.4) is 0 Å². The van der Waals surface area contributed by atoms with Crippen LogP contribution in [-0.4, -0.2) is 39.4 Å². The molecule has 1 saturated carbocycles. The number of aromatic nitrogens is 3. The van der Waals surface area contributed by atoms with E-state index in [4.69, 9.17) is 0 Å². The van der Waals surface area contributed by atoms with Gasteiger partial charge in [0, 0.05) is 24.7 Å². The normalized spacial score (nSPS) is 18.1. The van der Waals surface area contributed by atoms with Gasteiger partial charge in [0.2, 0.25) is 5.95 Å². The highest BCUT2D eigenvalue weighted by molar-refractivity contribution is 7.99. The van der Waals surface area contributed by atoms with Crippen molar-refractivity contribution in [2.75, 3.05) is 23.7 Å². The Morgan fingerprint density at radius 3 is 2.44 bits per heavy atom. The Bertz CT molecular complexity index is 789. The molecule has 1 aliphatic heterocycles. The monoisotopic (exact) mass is 384 g/mol. The molecule has 0 spiro atoms. The zero-order valence-electron chi connectivity index (χ0n) is 16.2. The van der Waals surface area contributed by atoms with E-state index in [1.165, 1.54) is 43.0 Å². The molecule has 1 aromatic carbocycles. The smallest absolute Gasteiger partial charge is 0.228 e. The lowest BCUT2D eigenvalue weighted by molar-refractivity contribution is 0.102. The quantitative estimate of drug-likeness (QED) is 0.523. The lowest BCUT2D eigenvalue weighted by atomic mass is 10.00. The first-order chi connectivity index (χ1) is 13.2. The number of ketones is 1. The van der Waals surface area contributed by atoms with Gasteiger partial charge in [-0.15, -0.1) is 10.2 Å². The van der Waals surface area contributed by atoms with Gasteiger partial charge in [-0.1, -0.05) is 49.9 Å². The predicted molar refractivity (Wildman–Crippen MR) is 110 cm³/mol. The molecule has 144 valence electrons. The Labute approximate surface area is 165 Å². The van der Waals surface area contributed by atoms with Gasteiger partial charge in [0.05, 0.1) is 5.75 Å². The molecule has 2 heterocycles. The van der Waals surface area contributed by atoms with E-state index < -0.39 is 0 Å². The second-order valence-electron chi connectivity index (χ2n) is 7.82. The zero-order chi connectivity index (χ0) is 18.8. The van der Waals surface area contributed by atoms with E-state index in [-0.39, 0.29) is 5.78 Å². The summed E-state index contributed by atoms with van der Waals surface area (Å²) in [7, 11) is 0. The minimum absolute atomic E-state index is 0.154. The summed E-state index contributed by atoms with van der Waals surface area (Å²) in [6.07, 6.45) is 5.80. The van der Waals surface area contributed by atoms with Crippen LogP contribution in [0.25, 0.3) is 0 Å². The minimum atomic E-state index is 0.154. The SMILES string of the molecule is CCc1ccc(C(=O)CSc2nnc(N3CCC(C)CC3)n2C2CC2)cc1. The number of Topliss-reactive ketones (excluding diaryl/α,β-unsaturated/α-hetero) is 1. The van der Waals surface area contributed by atoms with Gasteiger partial charge in [-0.05, 0) is 43.6 Å². The largest absolute Gasteiger partial charge is 0.341 e. The molecule has 0 atom stereocenters. The first-order valence-electron chi connectivity index (χ1n) is 10.1. The number of benzene rings is 1. The molecule has 27 heavy (non-hydrogen) atoms. The van der Waals surface area contributed by atoms with E-state index in [0.29, 0.717) is 11.8 Å². The van der Waals surface area contributed by atoms with E-state index in [0.717, 1.165) is 42.1 Å². The highest BCUT2D eigenvalue weighted by Gasteiger charge is 2.32. The first kappa shape index (κ1) is 18.5. The number of piperidine rings is 1. The van der Waals surface area contributed by atoms with E-state index in [1.54, 1.807) is 0 Å². The molecule has 6 heteroatoms. The molecule has 0 radical (unpaired) electrons. The molecule has 2 aromatic rings. The molecule has 0 amide bonds. The van der Waals surface area contributed by atoms with Crippen molar-refractivity contribution in [2.45, 2.75) is 57.1 Å². The Hall–Kier alpha value is -1.82. The van der Waals surface area contributed by atoms with E-state index in [2.05, 4.69) is 33.5 Å². The van der Waals surface area contributed by atoms with Crippen molar-refractivity contribution in [3.8, 4) is 0 Å². The third-order valence-electron chi connectivity index (χ3n) is 5.64. The fraction of sp³-hybridized carbons (Fsp3) is 0.571. The highest BCUT2D eigenvalue weighted by atomic mass is 32.2. The Balaban J connectivity index is 1.45. The molecule has 1 saturated heterocycles. The number of nitrogens with zero attached hydrogens (tertiary/aromatic N) is 4. The molecule has 0 bridgehead atoms. The number of anilines is 1. The molecular weight excluding hydrogens is 356 g/mol. The number of aryl methyl sites for hydroxylation is 1. The Morgan fingerprint density at radius 2 is 1.81 bits per heavy atom. The highest BCUT2D eigenvalue weighted by Crippen LogP contribution is 2.41. The maximum atomic E-state index is 12.6. The van der Waals surface area contributed by atoms with Gasteiger partial charge in [0.25, 0.3) is 0 Å². The molecule has 4 rings (SSSR count). The lowest BCUT2D eigenvalue weighted by Gasteiger charge is -2.31. The summed E-state index contributed by atoms with van der Waals surface area (Å²) in [5, 5.41) is 9.85. The average Bonchev–Trinajstić information content (AvgIpc) is 3.46. The summed E-state index contributed by atoms with van der Waals surface area (Å²) < 4.78 is 2.29. The summed E-state index contributed by atoms with van der Waals surface area (Å²) in [5.74, 6) is 2.37. The number of hydrogen-bond acceptors (Lipinski definition) is 5. The van der Waals surface area contributed by atoms with Gasteiger partial charge in [0.15, 0.2) is 10.9 Å². The van der Waals surface area contributed by atoms with Gasteiger partial charge in [0.1, 0.15) is 0 Å². The molecule has 5 nitrogen and oxygen atoms in total. The number of thioether (sulfide) groups is 1. The second kappa shape index (κ2) is 8.05. The zero-order valence-corrected chi connectivity index (χ0v) is 17.0. The Morgan fingerprint density at radius 1 is 1.11 bits per heavy atom. The van der Waals surface area contributed by atoms with E-state index >= 15 is 0 Å². The predicted octanol–water partition coefficient (Wildman–Crippen LogP) is 4.39. The summed E-state index contributed by atoms with van der Waals surface area (Å²) in [6, 6.07) is 8.47. The summed E-state index contributed by atoms with van der Waals surface area (Å²) >= 11 is 1.53. The van der Waals surface area contributed by atoms with Crippen molar-refractivity contribution >= 4 is 23.5 Å². The molecule has 1 aromatic heterocycles. The van der Waals surface area contributed by atoms with Gasteiger partial charge in [-0.3, -0.25) is 9.36 Å². The molecule has 2 aliphatic rings. The van der Waals surface area contributed by atoms with Crippen LogP contribution in [0.15, 0.2) is 29.4 Å². The lowest BCUT2D eigenvalue weighted by Crippen LogP contribution is -2.34. The molecule has 0 unspecified atom stereocenters. The second-order valence-corrected chi connectivity index (χ2v) is 8.76. The minimum Gasteiger partial charge on any atom is -0.341 e.